The second-order valence-corrected chi connectivity index (χ2v) is 6.01. The van der Waals surface area contributed by atoms with Gasteiger partial charge in [-0.3, -0.25) is 14.5 Å². The van der Waals surface area contributed by atoms with Gasteiger partial charge in [0, 0.05) is 13.1 Å². The third kappa shape index (κ3) is 3.20. The van der Waals surface area contributed by atoms with Gasteiger partial charge in [-0.05, 0) is 37.0 Å². The van der Waals surface area contributed by atoms with E-state index < -0.39 is 0 Å². The molecule has 0 radical (unpaired) electrons. The van der Waals surface area contributed by atoms with Crippen LogP contribution in [0.4, 0.5) is 4.79 Å². The minimum absolute atomic E-state index is 0.201. The fraction of sp³-hybridized carbons (Fsp3) is 0.471. The molecular formula is C17H21N3O4. The monoisotopic (exact) mass is 331 g/mol. The van der Waals surface area contributed by atoms with E-state index in [0.29, 0.717) is 25.9 Å². The van der Waals surface area contributed by atoms with E-state index in [1.807, 2.05) is 24.3 Å². The number of carbonyl (C=O) groups is 3. The van der Waals surface area contributed by atoms with Crippen molar-refractivity contribution >= 4 is 17.8 Å². The number of carbonyl (C=O) groups excluding carboxylic acids is 3. The van der Waals surface area contributed by atoms with Crippen molar-refractivity contribution in [2.75, 3.05) is 26.7 Å². The lowest BCUT2D eigenvalue weighted by molar-refractivity contribution is -0.132. The molecule has 7 nitrogen and oxygen atoms in total. The lowest BCUT2D eigenvalue weighted by atomic mass is 10.1. The van der Waals surface area contributed by atoms with Crippen molar-refractivity contribution in [2.45, 2.75) is 25.3 Å². The number of hydrogen-bond acceptors (Lipinski definition) is 4. The van der Waals surface area contributed by atoms with Gasteiger partial charge in [0.05, 0.1) is 7.11 Å². The molecule has 2 saturated heterocycles. The highest BCUT2D eigenvalue weighted by molar-refractivity contribution is 6.06. The van der Waals surface area contributed by atoms with Gasteiger partial charge in [0.25, 0.3) is 5.91 Å². The zero-order chi connectivity index (χ0) is 17.1. The zero-order valence-corrected chi connectivity index (χ0v) is 13.7. The molecule has 1 unspecified atom stereocenters. The normalized spacial score (nSPS) is 19.6. The molecule has 0 aromatic heterocycles. The van der Waals surface area contributed by atoms with E-state index in [1.54, 1.807) is 12.0 Å². The summed E-state index contributed by atoms with van der Waals surface area (Å²) >= 11 is 0. The summed E-state index contributed by atoms with van der Waals surface area (Å²) < 4.78 is 5.09. The molecular weight excluding hydrogens is 310 g/mol. The smallest absolute Gasteiger partial charge is 0.327 e. The molecule has 0 spiro atoms. The number of rotatable bonds is 6. The molecule has 0 bridgehead atoms. The number of ether oxygens (including phenoxy) is 1. The van der Waals surface area contributed by atoms with Crippen LogP contribution in [0.25, 0.3) is 0 Å². The molecule has 24 heavy (non-hydrogen) atoms. The zero-order valence-electron chi connectivity index (χ0n) is 13.7. The van der Waals surface area contributed by atoms with E-state index >= 15 is 0 Å². The van der Waals surface area contributed by atoms with Crippen molar-refractivity contribution in [3.05, 3.63) is 29.8 Å². The van der Waals surface area contributed by atoms with Gasteiger partial charge in [-0.2, -0.15) is 0 Å². The maximum absolute atomic E-state index is 12.2. The molecule has 2 aliphatic heterocycles. The molecule has 128 valence electrons. The van der Waals surface area contributed by atoms with Gasteiger partial charge in [0.15, 0.2) is 0 Å². The van der Waals surface area contributed by atoms with E-state index in [2.05, 4.69) is 5.32 Å². The van der Waals surface area contributed by atoms with E-state index in [1.165, 1.54) is 0 Å². The molecule has 2 fully saturated rings. The van der Waals surface area contributed by atoms with Crippen molar-refractivity contribution in [3.8, 4) is 5.75 Å². The summed E-state index contributed by atoms with van der Waals surface area (Å²) in [5.41, 5.74) is 1.07. The van der Waals surface area contributed by atoms with Crippen molar-refractivity contribution in [1.82, 2.24) is 15.1 Å². The van der Waals surface area contributed by atoms with Gasteiger partial charge in [-0.15, -0.1) is 0 Å². The Bertz CT molecular complexity index is 622. The topological polar surface area (TPSA) is 79.0 Å². The molecule has 1 aromatic rings. The number of benzene rings is 1. The van der Waals surface area contributed by atoms with Crippen LogP contribution in [0.1, 0.15) is 18.4 Å². The number of methoxy groups -OCH3 is 1. The van der Waals surface area contributed by atoms with Crippen LogP contribution in [0, 0.1) is 0 Å². The van der Waals surface area contributed by atoms with Gasteiger partial charge >= 0.3 is 6.03 Å². The molecule has 1 N–H and O–H groups in total. The Balaban J connectivity index is 1.46. The summed E-state index contributed by atoms with van der Waals surface area (Å²) in [7, 11) is 1.61. The average molecular weight is 331 g/mol. The highest BCUT2D eigenvalue weighted by atomic mass is 16.5. The SMILES string of the molecule is COc1ccc(CCNC(=O)CN2C(=O)C3CCCN3C2=O)cc1. The Hall–Kier alpha value is -2.57. The largest absolute Gasteiger partial charge is 0.497 e. The van der Waals surface area contributed by atoms with Gasteiger partial charge < -0.3 is 15.0 Å². The average Bonchev–Trinajstić information content (AvgIpc) is 3.15. The van der Waals surface area contributed by atoms with Crippen molar-refractivity contribution < 1.29 is 19.1 Å². The first-order valence-electron chi connectivity index (χ1n) is 8.12. The molecule has 0 saturated carbocycles. The fourth-order valence-electron chi connectivity index (χ4n) is 3.17. The quantitative estimate of drug-likeness (QED) is 0.782. The predicted molar refractivity (Wildman–Crippen MR) is 86.5 cm³/mol. The van der Waals surface area contributed by atoms with E-state index in [0.717, 1.165) is 22.6 Å². The third-order valence-electron chi connectivity index (χ3n) is 4.48. The van der Waals surface area contributed by atoms with E-state index in [9.17, 15) is 14.4 Å². The lowest BCUT2D eigenvalue weighted by Crippen LogP contribution is -2.42. The summed E-state index contributed by atoms with van der Waals surface area (Å²) in [4.78, 5) is 38.9. The van der Waals surface area contributed by atoms with Crippen LogP contribution >= 0.6 is 0 Å². The number of amides is 4. The van der Waals surface area contributed by atoms with E-state index in [4.69, 9.17) is 4.74 Å². The van der Waals surface area contributed by atoms with Crippen LogP contribution in [0.5, 0.6) is 5.75 Å². The van der Waals surface area contributed by atoms with Crippen molar-refractivity contribution in [2.24, 2.45) is 0 Å². The molecule has 4 amide bonds. The summed E-state index contributed by atoms with van der Waals surface area (Å²) in [6.45, 7) is 0.854. The first kappa shape index (κ1) is 16.3. The fourth-order valence-corrected chi connectivity index (χ4v) is 3.17. The van der Waals surface area contributed by atoms with Crippen LogP contribution in [0.3, 0.4) is 0 Å². The van der Waals surface area contributed by atoms with Crippen LogP contribution < -0.4 is 10.1 Å². The number of hydrogen-bond donors (Lipinski definition) is 1. The second kappa shape index (κ2) is 6.90. The first-order chi connectivity index (χ1) is 11.6. The highest BCUT2D eigenvalue weighted by Crippen LogP contribution is 2.26. The minimum atomic E-state index is -0.357. The molecule has 3 rings (SSSR count). The van der Waals surface area contributed by atoms with Crippen molar-refractivity contribution in [3.63, 3.8) is 0 Å². The van der Waals surface area contributed by atoms with Crippen molar-refractivity contribution in [1.29, 1.82) is 0 Å². The summed E-state index contributed by atoms with van der Waals surface area (Å²) in [5, 5.41) is 2.76. The number of urea groups is 1. The number of imide groups is 1. The predicted octanol–water partition coefficient (Wildman–Crippen LogP) is 0.780. The van der Waals surface area contributed by atoms with Gasteiger partial charge in [-0.1, -0.05) is 12.1 Å². The van der Waals surface area contributed by atoms with Crippen LogP contribution in [-0.4, -0.2) is 60.4 Å². The molecule has 1 atom stereocenters. The third-order valence-corrected chi connectivity index (χ3v) is 4.48. The standard InChI is InChI=1S/C17H21N3O4/c1-24-13-6-4-12(5-7-13)8-9-18-15(21)11-20-16(22)14-3-2-10-19(14)17(20)23/h4-7,14H,2-3,8-11H2,1H3,(H,18,21). The lowest BCUT2D eigenvalue weighted by Gasteiger charge is -2.15. The van der Waals surface area contributed by atoms with Crippen LogP contribution in [0.2, 0.25) is 0 Å². The number of fused-ring (bicyclic) bond motifs is 1. The molecule has 2 heterocycles. The van der Waals surface area contributed by atoms with Gasteiger partial charge in [-0.25, -0.2) is 4.79 Å². The first-order valence-corrected chi connectivity index (χ1v) is 8.12. The number of nitrogens with zero attached hydrogens (tertiary/aromatic N) is 2. The maximum Gasteiger partial charge on any atom is 0.327 e. The Morgan fingerprint density at radius 3 is 2.71 bits per heavy atom. The van der Waals surface area contributed by atoms with Crippen LogP contribution in [-0.2, 0) is 16.0 Å². The molecule has 0 aliphatic carbocycles. The maximum atomic E-state index is 12.2. The number of nitrogens with one attached hydrogen (secondary N) is 1. The summed E-state index contributed by atoms with van der Waals surface area (Å²) in [6, 6.07) is 6.91. The van der Waals surface area contributed by atoms with Gasteiger partial charge in [0.1, 0.15) is 18.3 Å². The minimum Gasteiger partial charge on any atom is -0.497 e. The van der Waals surface area contributed by atoms with Crippen LogP contribution in [0.15, 0.2) is 24.3 Å². The Labute approximate surface area is 140 Å². The summed E-state index contributed by atoms with van der Waals surface area (Å²) in [6.07, 6.45) is 2.22. The molecule has 1 aromatic carbocycles. The van der Waals surface area contributed by atoms with Gasteiger partial charge in [0.2, 0.25) is 5.91 Å². The Morgan fingerprint density at radius 2 is 2.04 bits per heavy atom. The molecule has 2 aliphatic rings. The highest BCUT2D eigenvalue weighted by Gasteiger charge is 2.47. The van der Waals surface area contributed by atoms with E-state index in [-0.39, 0.29) is 30.4 Å². The Kier molecular flexibility index (Phi) is 4.69. The Morgan fingerprint density at radius 1 is 1.29 bits per heavy atom. The second-order valence-electron chi connectivity index (χ2n) is 6.01. The summed E-state index contributed by atoms with van der Waals surface area (Å²) in [5.74, 6) is 0.226. The molecule has 7 heteroatoms.